The lowest BCUT2D eigenvalue weighted by Gasteiger charge is -2.17. The molecular formula is C7H12O6P+. The Hall–Kier alpha value is -1.00. The molecule has 3 N–H and O–H groups in total. The predicted octanol–water partition coefficient (Wildman–Crippen LogP) is 0.0794. The lowest BCUT2D eigenvalue weighted by molar-refractivity contribution is -0.144. The van der Waals surface area contributed by atoms with Crippen molar-refractivity contribution in [3.63, 3.8) is 0 Å². The van der Waals surface area contributed by atoms with E-state index in [0.717, 1.165) is 0 Å². The molecule has 0 aromatic carbocycles. The summed E-state index contributed by atoms with van der Waals surface area (Å²) in [6.07, 6.45) is -2.14. The minimum absolute atomic E-state index is 0.350. The van der Waals surface area contributed by atoms with Crippen molar-refractivity contribution in [3.8, 4) is 0 Å². The van der Waals surface area contributed by atoms with Crippen molar-refractivity contribution in [3.05, 3.63) is 0 Å². The summed E-state index contributed by atoms with van der Waals surface area (Å²) in [6, 6.07) is 0. The van der Waals surface area contributed by atoms with Gasteiger partial charge in [-0.2, -0.15) is 0 Å². The van der Waals surface area contributed by atoms with Crippen molar-refractivity contribution in [2.24, 2.45) is 0 Å². The van der Waals surface area contributed by atoms with Crippen LogP contribution >= 0.6 is 8.46 Å². The maximum atomic E-state index is 10.8. The summed E-state index contributed by atoms with van der Waals surface area (Å²) >= 11 is 0. The third-order valence-corrected chi connectivity index (χ3v) is 3.26. The van der Waals surface area contributed by atoms with Crippen molar-refractivity contribution in [2.45, 2.75) is 31.0 Å². The Morgan fingerprint density at radius 3 is 2.14 bits per heavy atom. The lowest BCUT2D eigenvalue weighted by Crippen LogP contribution is -2.43. The smallest absolute Gasteiger partial charge is 0.361 e. The second-order valence-electron chi connectivity index (χ2n) is 2.95. The molecule has 6 nitrogen and oxygen atoms in total. The van der Waals surface area contributed by atoms with Gasteiger partial charge in [0, 0.05) is 6.42 Å². The van der Waals surface area contributed by atoms with Crippen LogP contribution < -0.4 is 0 Å². The zero-order chi connectivity index (χ0) is 11.4. The molecule has 0 aromatic rings. The van der Waals surface area contributed by atoms with E-state index in [4.69, 9.17) is 10.2 Å². The predicted molar refractivity (Wildman–Crippen MR) is 47.9 cm³/mol. The van der Waals surface area contributed by atoms with Gasteiger partial charge in [-0.25, -0.2) is 4.79 Å². The maximum Gasteiger partial charge on any atom is 0.361 e. The highest BCUT2D eigenvalue weighted by Crippen LogP contribution is 2.32. The number of aliphatic carboxylic acids is 2. The fraction of sp³-hybridized carbons (Fsp3) is 0.714. The number of hydrogen-bond donors (Lipinski definition) is 3. The van der Waals surface area contributed by atoms with Crippen LogP contribution in [-0.4, -0.2) is 38.5 Å². The van der Waals surface area contributed by atoms with Crippen LogP contribution in [0, 0.1) is 0 Å². The van der Waals surface area contributed by atoms with Crippen molar-refractivity contribution < 1.29 is 29.5 Å². The molecule has 0 aliphatic heterocycles. The minimum Gasteiger partial charge on any atom is -0.481 e. The second-order valence-corrected chi connectivity index (χ2v) is 4.04. The Morgan fingerprint density at radius 1 is 1.43 bits per heavy atom. The van der Waals surface area contributed by atoms with Crippen LogP contribution in [0.15, 0.2) is 0 Å². The molecule has 7 heteroatoms. The highest BCUT2D eigenvalue weighted by atomic mass is 31.1. The Kier molecular flexibility index (Phi) is 4.67. The molecule has 0 aliphatic carbocycles. The Labute approximate surface area is 81.8 Å². The lowest BCUT2D eigenvalue weighted by atomic mass is 9.96. The van der Waals surface area contributed by atoms with Gasteiger partial charge in [-0.3, -0.25) is 4.79 Å². The van der Waals surface area contributed by atoms with E-state index in [1.54, 1.807) is 0 Å². The fourth-order valence-electron chi connectivity index (χ4n) is 0.979. The van der Waals surface area contributed by atoms with Gasteiger partial charge in [-0.05, 0) is 6.92 Å². The molecule has 0 saturated carbocycles. The number of carboxylic acids is 2. The summed E-state index contributed by atoms with van der Waals surface area (Å²) < 4.78 is 10.7. The van der Waals surface area contributed by atoms with Gasteiger partial charge in [0.2, 0.25) is 0 Å². The highest BCUT2D eigenvalue weighted by molar-refractivity contribution is 7.27. The Bertz CT molecular complexity index is 251. The van der Waals surface area contributed by atoms with Crippen molar-refractivity contribution >= 4 is 20.4 Å². The molecule has 0 bridgehead atoms. The van der Waals surface area contributed by atoms with E-state index >= 15 is 0 Å². The molecule has 0 heterocycles. The number of carbonyl (C=O) groups is 2. The quantitative estimate of drug-likeness (QED) is 0.549. The third kappa shape index (κ3) is 2.75. The van der Waals surface area contributed by atoms with E-state index in [1.807, 2.05) is 0 Å². The molecule has 0 radical (unpaired) electrons. The minimum atomic E-state index is -1.86. The highest BCUT2D eigenvalue weighted by Gasteiger charge is 2.52. The molecule has 0 saturated heterocycles. The van der Waals surface area contributed by atoms with Crippen molar-refractivity contribution in [1.82, 2.24) is 0 Å². The van der Waals surface area contributed by atoms with Crippen LogP contribution in [0.4, 0.5) is 0 Å². The summed E-state index contributed by atoms with van der Waals surface area (Å²) in [5.41, 5.74) is 0. The first-order valence-electron chi connectivity index (χ1n) is 3.89. The van der Waals surface area contributed by atoms with Crippen LogP contribution in [0.1, 0.15) is 19.8 Å². The first kappa shape index (κ1) is 13.0. The largest absolute Gasteiger partial charge is 0.481 e. The molecule has 0 spiro atoms. The maximum absolute atomic E-state index is 10.8. The molecule has 0 aromatic heterocycles. The van der Waals surface area contributed by atoms with Crippen LogP contribution in [0.5, 0.6) is 0 Å². The van der Waals surface area contributed by atoms with E-state index < -0.39 is 38.1 Å². The normalized spacial score (nSPS) is 17.3. The van der Waals surface area contributed by atoms with Crippen LogP contribution in [0.25, 0.3) is 0 Å². The average Bonchev–Trinajstić information content (AvgIpc) is 2.04. The van der Waals surface area contributed by atoms with Gasteiger partial charge in [0.05, 0.1) is 6.42 Å². The topological polar surface area (TPSA) is 112 Å². The Morgan fingerprint density at radius 2 is 1.93 bits per heavy atom. The SMILES string of the molecule is CC(O)C(CCC(=O)O)([PH+]=O)C(=O)O. The molecule has 3 unspecified atom stereocenters. The average molecular weight is 223 g/mol. The number of hydrogen-bond acceptors (Lipinski definition) is 4. The number of rotatable bonds is 6. The number of aliphatic hydroxyl groups is 1. The molecule has 0 fully saturated rings. The van der Waals surface area contributed by atoms with Gasteiger partial charge in [0.25, 0.3) is 5.16 Å². The van der Waals surface area contributed by atoms with Gasteiger partial charge in [-0.15, -0.1) is 0 Å². The number of aliphatic hydroxyl groups excluding tert-OH is 1. The van der Waals surface area contributed by atoms with Crippen LogP contribution in [-0.2, 0) is 14.2 Å². The molecule has 0 rings (SSSR count). The second kappa shape index (κ2) is 5.02. The van der Waals surface area contributed by atoms with Gasteiger partial charge in [0.15, 0.2) is 0 Å². The van der Waals surface area contributed by atoms with Gasteiger partial charge in [-0.1, -0.05) is 4.57 Å². The summed E-state index contributed by atoms with van der Waals surface area (Å²) in [5.74, 6) is -2.63. The molecule has 80 valence electrons. The first-order chi connectivity index (χ1) is 6.36. The van der Waals surface area contributed by atoms with E-state index in [2.05, 4.69) is 0 Å². The van der Waals surface area contributed by atoms with Crippen molar-refractivity contribution in [1.29, 1.82) is 0 Å². The fourth-order valence-corrected chi connectivity index (χ4v) is 1.46. The van der Waals surface area contributed by atoms with Gasteiger partial charge in [0.1, 0.15) is 6.10 Å². The zero-order valence-corrected chi connectivity index (χ0v) is 8.56. The van der Waals surface area contributed by atoms with Crippen LogP contribution in [0.3, 0.4) is 0 Å². The molecule has 3 atom stereocenters. The summed E-state index contributed by atoms with van der Waals surface area (Å²) in [4.78, 5) is 21.0. The molecule has 14 heavy (non-hydrogen) atoms. The summed E-state index contributed by atoms with van der Waals surface area (Å²) in [7, 11) is -1.28. The standard InChI is InChI=1S/C7H11O6P/c1-4(8)7(14-13,6(11)12)3-2-5(9)10/h4,8H,2-3H2,1H3,(H,9,10)(H,11,12)/p+1. The van der Waals surface area contributed by atoms with Crippen LogP contribution in [0.2, 0.25) is 0 Å². The van der Waals surface area contributed by atoms with Gasteiger partial charge < -0.3 is 15.3 Å². The Balaban J connectivity index is 4.77. The summed E-state index contributed by atoms with van der Waals surface area (Å²) in [5, 5.41) is 24.4. The van der Waals surface area contributed by atoms with Crippen molar-refractivity contribution in [2.75, 3.05) is 0 Å². The molecule has 0 amide bonds. The van der Waals surface area contributed by atoms with Gasteiger partial charge >= 0.3 is 20.4 Å². The molecule has 0 aliphatic rings. The van der Waals surface area contributed by atoms with E-state index in [1.165, 1.54) is 6.92 Å². The number of carboxylic acid groups (broad SMARTS) is 2. The first-order valence-corrected chi connectivity index (χ1v) is 4.80. The van der Waals surface area contributed by atoms with E-state index in [9.17, 15) is 19.3 Å². The third-order valence-electron chi connectivity index (χ3n) is 2.01. The van der Waals surface area contributed by atoms with E-state index in [0.29, 0.717) is 0 Å². The van der Waals surface area contributed by atoms with E-state index in [-0.39, 0.29) is 6.42 Å². The summed E-state index contributed by atoms with van der Waals surface area (Å²) in [6.45, 7) is 1.18. The molecular weight excluding hydrogens is 211 g/mol. The zero-order valence-electron chi connectivity index (χ0n) is 7.56. The monoisotopic (exact) mass is 223 g/mol.